The number of nitrogens with one attached hydrogen (secondary N) is 1. The van der Waals surface area contributed by atoms with E-state index in [0.29, 0.717) is 6.42 Å². The molecule has 2 N–H and O–H groups in total. The maximum absolute atomic E-state index is 11.8. The Morgan fingerprint density at radius 3 is 2.38 bits per heavy atom. The Morgan fingerprint density at radius 1 is 1.24 bits per heavy atom. The van der Waals surface area contributed by atoms with Gasteiger partial charge in [-0.25, -0.2) is 4.79 Å². The number of carbonyl (C=O) groups is 2. The van der Waals surface area contributed by atoms with Crippen LogP contribution in [0.25, 0.3) is 0 Å². The van der Waals surface area contributed by atoms with Crippen molar-refractivity contribution in [3.63, 3.8) is 0 Å². The smallest absolute Gasteiger partial charge is 0.326 e. The number of benzene rings is 1. The van der Waals surface area contributed by atoms with Gasteiger partial charge in [0, 0.05) is 6.42 Å². The van der Waals surface area contributed by atoms with E-state index in [9.17, 15) is 9.59 Å². The van der Waals surface area contributed by atoms with Crippen LogP contribution in [0.15, 0.2) is 24.3 Å². The predicted molar refractivity (Wildman–Crippen MR) is 83.1 cm³/mol. The molecule has 0 radical (unpaired) electrons. The molecule has 0 aliphatic rings. The molecule has 21 heavy (non-hydrogen) atoms. The number of aryl methyl sites for hydroxylation is 2. The van der Waals surface area contributed by atoms with E-state index in [1.165, 1.54) is 11.1 Å². The van der Waals surface area contributed by atoms with Crippen LogP contribution in [0.5, 0.6) is 0 Å². The van der Waals surface area contributed by atoms with Crippen molar-refractivity contribution < 1.29 is 14.7 Å². The molecule has 0 heterocycles. The normalized spacial score (nSPS) is 13.5. The lowest BCUT2D eigenvalue weighted by molar-refractivity contribution is -0.143. The van der Waals surface area contributed by atoms with E-state index in [0.717, 1.165) is 19.3 Å². The van der Waals surface area contributed by atoms with E-state index in [-0.39, 0.29) is 11.8 Å². The molecule has 2 atom stereocenters. The SMILES string of the molecule is CC[C@H](C)[C@H](NC(=O)CCCc1ccc(C)cc1)C(=O)O. The summed E-state index contributed by atoms with van der Waals surface area (Å²) in [6.07, 6.45) is 2.63. The first-order valence-electron chi connectivity index (χ1n) is 7.51. The Bertz CT molecular complexity index is 467. The molecule has 116 valence electrons. The molecule has 0 saturated carbocycles. The van der Waals surface area contributed by atoms with Gasteiger partial charge in [0.15, 0.2) is 0 Å². The number of carboxylic acid groups (broad SMARTS) is 1. The highest BCUT2D eigenvalue weighted by Crippen LogP contribution is 2.10. The fourth-order valence-electron chi connectivity index (χ4n) is 2.14. The molecule has 4 nitrogen and oxygen atoms in total. The van der Waals surface area contributed by atoms with Crippen LogP contribution in [0.4, 0.5) is 0 Å². The summed E-state index contributed by atoms with van der Waals surface area (Å²) in [7, 11) is 0. The van der Waals surface area contributed by atoms with Crippen molar-refractivity contribution in [1.29, 1.82) is 0 Å². The zero-order chi connectivity index (χ0) is 15.8. The van der Waals surface area contributed by atoms with Crippen molar-refractivity contribution in [3.05, 3.63) is 35.4 Å². The summed E-state index contributed by atoms with van der Waals surface area (Å²) in [6, 6.07) is 7.44. The standard InChI is InChI=1S/C17H25NO3/c1-4-13(3)16(17(20)21)18-15(19)7-5-6-14-10-8-12(2)9-11-14/h8-11,13,16H,4-7H2,1-3H3,(H,18,19)(H,20,21)/t13-,16-/m0/s1. The third-order valence-corrected chi connectivity index (χ3v) is 3.79. The summed E-state index contributed by atoms with van der Waals surface area (Å²) in [5, 5.41) is 11.8. The van der Waals surface area contributed by atoms with Gasteiger partial charge >= 0.3 is 5.97 Å². The fraction of sp³-hybridized carbons (Fsp3) is 0.529. The number of carboxylic acids is 1. The minimum absolute atomic E-state index is 0.0662. The third-order valence-electron chi connectivity index (χ3n) is 3.79. The second-order valence-electron chi connectivity index (χ2n) is 5.61. The number of hydrogen-bond donors (Lipinski definition) is 2. The largest absolute Gasteiger partial charge is 0.480 e. The zero-order valence-electron chi connectivity index (χ0n) is 13.1. The Hall–Kier alpha value is -1.84. The molecule has 4 heteroatoms. The maximum Gasteiger partial charge on any atom is 0.326 e. The lowest BCUT2D eigenvalue weighted by Crippen LogP contribution is -2.44. The van der Waals surface area contributed by atoms with Crippen molar-refractivity contribution in [1.82, 2.24) is 5.32 Å². The topological polar surface area (TPSA) is 66.4 Å². The van der Waals surface area contributed by atoms with Crippen LogP contribution in [-0.2, 0) is 16.0 Å². The van der Waals surface area contributed by atoms with Gasteiger partial charge < -0.3 is 10.4 Å². The van der Waals surface area contributed by atoms with Crippen molar-refractivity contribution >= 4 is 11.9 Å². The van der Waals surface area contributed by atoms with E-state index in [4.69, 9.17) is 5.11 Å². The molecule has 0 fully saturated rings. The molecular formula is C17H25NO3. The van der Waals surface area contributed by atoms with Crippen LogP contribution >= 0.6 is 0 Å². The third kappa shape index (κ3) is 5.98. The summed E-state index contributed by atoms with van der Waals surface area (Å²) < 4.78 is 0. The first-order chi connectivity index (χ1) is 9.93. The van der Waals surface area contributed by atoms with Gasteiger partial charge in [-0.2, -0.15) is 0 Å². The summed E-state index contributed by atoms with van der Waals surface area (Å²) in [4.78, 5) is 23.0. The molecule has 0 aliphatic heterocycles. The van der Waals surface area contributed by atoms with Gasteiger partial charge in [-0.15, -0.1) is 0 Å². The van der Waals surface area contributed by atoms with Crippen LogP contribution in [0.1, 0.15) is 44.2 Å². The molecule has 0 saturated heterocycles. The van der Waals surface area contributed by atoms with Crippen LogP contribution in [0, 0.1) is 12.8 Å². The van der Waals surface area contributed by atoms with Crippen molar-refractivity contribution in [2.45, 2.75) is 52.5 Å². The van der Waals surface area contributed by atoms with Gasteiger partial charge in [-0.05, 0) is 31.2 Å². The monoisotopic (exact) mass is 291 g/mol. The summed E-state index contributed by atoms with van der Waals surface area (Å²) >= 11 is 0. The number of aliphatic carboxylic acids is 1. The van der Waals surface area contributed by atoms with Crippen LogP contribution in [0.3, 0.4) is 0 Å². The van der Waals surface area contributed by atoms with Crippen molar-refractivity contribution in [2.24, 2.45) is 5.92 Å². The number of rotatable bonds is 8. The minimum atomic E-state index is -0.962. The lowest BCUT2D eigenvalue weighted by atomic mass is 9.99. The molecule has 0 bridgehead atoms. The van der Waals surface area contributed by atoms with E-state index >= 15 is 0 Å². The highest BCUT2D eigenvalue weighted by molar-refractivity contribution is 5.83. The van der Waals surface area contributed by atoms with Gasteiger partial charge in [-0.1, -0.05) is 50.1 Å². The van der Waals surface area contributed by atoms with Crippen LogP contribution < -0.4 is 5.32 Å². The van der Waals surface area contributed by atoms with Crippen molar-refractivity contribution in [3.8, 4) is 0 Å². The molecule has 1 aromatic rings. The first-order valence-corrected chi connectivity index (χ1v) is 7.51. The van der Waals surface area contributed by atoms with E-state index in [1.807, 2.05) is 20.8 Å². The number of carbonyl (C=O) groups excluding carboxylic acids is 1. The molecule has 0 spiro atoms. The maximum atomic E-state index is 11.8. The van der Waals surface area contributed by atoms with E-state index in [1.54, 1.807) is 0 Å². The average Bonchev–Trinajstić information content (AvgIpc) is 2.45. The molecule has 0 aromatic heterocycles. The molecule has 1 aromatic carbocycles. The summed E-state index contributed by atoms with van der Waals surface area (Å²) in [5.74, 6) is -1.21. The molecule has 1 amide bonds. The Labute approximate surface area is 126 Å². The molecule has 1 rings (SSSR count). The van der Waals surface area contributed by atoms with Crippen LogP contribution in [0.2, 0.25) is 0 Å². The van der Waals surface area contributed by atoms with Crippen molar-refractivity contribution in [2.75, 3.05) is 0 Å². The van der Waals surface area contributed by atoms with Gasteiger partial charge in [0.25, 0.3) is 0 Å². The fourth-order valence-corrected chi connectivity index (χ4v) is 2.14. The molecule has 0 unspecified atom stereocenters. The van der Waals surface area contributed by atoms with Gasteiger partial charge in [-0.3, -0.25) is 4.79 Å². The summed E-state index contributed by atoms with van der Waals surface area (Å²) in [6.45, 7) is 5.80. The predicted octanol–water partition coefficient (Wildman–Crippen LogP) is 2.93. The Balaban J connectivity index is 2.39. The Kier molecular flexibility index (Phi) is 6.92. The summed E-state index contributed by atoms with van der Waals surface area (Å²) in [5.41, 5.74) is 2.42. The van der Waals surface area contributed by atoms with E-state index < -0.39 is 12.0 Å². The minimum Gasteiger partial charge on any atom is -0.480 e. The average molecular weight is 291 g/mol. The Morgan fingerprint density at radius 2 is 1.86 bits per heavy atom. The first kappa shape index (κ1) is 17.2. The van der Waals surface area contributed by atoms with Gasteiger partial charge in [0.05, 0.1) is 0 Å². The molecule has 0 aliphatic carbocycles. The highest BCUT2D eigenvalue weighted by Gasteiger charge is 2.24. The van der Waals surface area contributed by atoms with Gasteiger partial charge in [0.2, 0.25) is 5.91 Å². The second-order valence-corrected chi connectivity index (χ2v) is 5.61. The van der Waals surface area contributed by atoms with Crippen LogP contribution in [-0.4, -0.2) is 23.0 Å². The highest BCUT2D eigenvalue weighted by atomic mass is 16.4. The lowest BCUT2D eigenvalue weighted by Gasteiger charge is -2.20. The zero-order valence-corrected chi connectivity index (χ0v) is 13.1. The van der Waals surface area contributed by atoms with E-state index in [2.05, 4.69) is 29.6 Å². The van der Waals surface area contributed by atoms with Gasteiger partial charge in [0.1, 0.15) is 6.04 Å². The second kappa shape index (κ2) is 8.45. The molecular weight excluding hydrogens is 266 g/mol. The quantitative estimate of drug-likeness (QED) is 0.774. The number of amides is 1. The number of hydrogen-bond acceptors (Lipinski definition) is 2.